The molecule has 0 saturated heterocycles. The zero-order valence-electron chi connectivity index (χ0n) is 36.2. The highest BCUT2D eigenvalue weighted by Crippen LogP contribution is 2.36. The van der Waals surface area contributed by atoms with Gasteiger partial charge in [0.25, 0.3) is 5.91 Å². The van der Waals surface area contributed by atoms with E-state index in [1.807, 2.05) is 97.1 Å². The standard InChI is InChI=1S/C27H26N2O5.C25H21NO6/c1-29(2)27(31)23(15-19-5-13-24-25(16-19)33-17-32-24)20-7-11-22(12-8-20)34-21-9-3-18(4-10-21)6-14-26(28)30;26-24(27)12-4-16-1-7-19(8-2-16)32-20-9-5-18(6-10-20)21(25(28)29)13-17-3-11-22-23(14-17)31-15-30-22/h3-5,7-13,15-16H,6,14,17H2,1-2H3,(H2,28,30);1-3,5-11,13-14H,4,12,15H2,(H2,26,27)(H,28,29)/b23-15+;21-13+. The van der Waals surface area contributed by atoms with E-state index in [4.69, 9.17) is 39.9 Å². The van der Waals surface area contributed by atoms with Crippen LogP contribution in [0.3, 0.4) is 0 Å². The molecule has 3 amide bonds. The molecule has 0 fully saturated rings. The summed E-state index contributed by atoms with van der Waals surface area (Å²) in [6, 6.07) is 40.0. The Kier molecular flexibility index (Phi) is 14.6. The summed E-state index contributed by atoms with van der Waals surface area (Å²) in [5.74, 6) is 3.31. The number of carbonyl (C=O) groups is 4. The van der Waals surface area contributed by atoms with Gasteiger partial charge in [0.15, 0.2) is 23.0 Å². The quantitative estimate of drug-likeness (QED) is 0.0622. The van der Waals surface area contributed by atoms with Crippen molar-refractivity contribution in [3.63, 3.8) is 0 Å². The summed E-state index contributed by atoms with van der Waals surface area (Å²) in [5.41, 5.74) is 15.9. The van der Waals surface area contributed by atoms with E-state index >= 15 is 0 Å². The number of aliphatic carboxylic acids is 1. The molecule has 8 rings (SSSR count). The summed E-state index contributed by atoms with van der Waals surface area (Å²) in [5, 5.41) is 9.71. The second-order valence-corrected chi connectivity index (χ2v) is 15.3. The number of rotatable bonds is 16. The summed E-state index contributed by atoms with van der Waals surface area (Å²) in [7, 11) is 3.45. The number of hydrogen-bond acceptors (Lipinski definition) is 10. The molecule has 2 aliphatic rings. The molecule has 0 bridgehead atoms. The fourth-order valence-corrected chi connectivity index (χ4v) is 6.78. The number of carboxylic acid groups (broad SMARTS) is 1. The van der Waals surface area contributed by atoms with Gasteiger partial charge in [-0.15, -0.1) is 0 Å². The van der Waals surface area contributed by atoms with Crippen LogP contribution in [-0.2, 0) is 32.0 Å². The van der Waals surface area contributed by atoms with E-state index in [0.29, 0.717) is 88.4 Å². The van der Waals surface area contributed by atoms with Gasteiger partial charge in [0, 0.05) is 32.5 Å². The highest BCUT2D eigenvalue weighted by molar-refractivity contribution is 6.24. The molecule has 2 heterocycles. The van der Waals surface area contributed by atoms with Crippen LogP contribution < -0.4 is 39.9 Å². The number of primary amides is 2. The van der Waals surface area contributed by atoms with Gasteiger partial charge < -0.3 is 49.9 Å². The van der Waals surface area contributed by atoms with Crippen molar-refractivity contribution in [1.82, 2.24) is 4.90 Å². The Bertz CT molecular complexity index is 2760. The van der Waals surface area contributed by atoms with Gasteiger partial charge in [-0.3, -0.25) is 14.4 Å². The van der Waals surface area contributed by atoms with E-state index in [9.17, 15) is 24.3 Å². The van der Waals surface area contributed by atoms with Gasteiger partial charge in [0.05, 0.1) is 5.57 Å². The van der Waals surface area contributed by atoms with Gasteiger partial charge in [-0.2, -0.15) is 0 Å². The molecule has 0 atom stereocenters. The summed E-state index contributed by atoms with van der Waals surface area (Å²) in [6.07, 6.45) is 5.22. The van der Waals surface area contributed by atoms with Crippen molar-refractivity contribution in [2.45, 2.75) is 25.7 Å². The number of hydrogen-bond donors (Lipinski definition) is 3. The number of carbonyl (C=O) groups excluding carboxylic acids is 3. The maximum absolute atomic E-state index is 12.9. The number of amides is 3. The van der Waals surface area contributed by atoms with Crippen molar-refractivity contribution in [3.05, 3.63) is 167 Å². The van der Waals surface area contributed by atoms with Crippen molar-refractivity contribution < 1.29 is 52.7 Å². The minimum Gasteiger partial charge on any atom is -0.478 e. The lowest BCUT2D eigenvalue weighted by Crippen LogP contribution is -2.22. The van der Waals surface area contributed by atoms with E-state index in [0.717, 1.165) is 22.3 Å². The van der Waals surface area contributed by atoms with Crippen molar-refractivity contribution in [2.24, 2.45) is 11.5 Å². The number of aryl methyl sites for hydroxylation is 2. The number of carboxylic acids is 1. The zero-order valence-corrected chi connectivity index (χ0v) is 36.2. The molecule has 0 aromatic heterocycles. The lowest BCUT2D eigenvalue weighted by molar-refractivity contribution is -0.130. The van der Waals surface area contributed by atoms with Crippen LogP contribution in [0.25, 0.3) is 23.3 Å². The Balaban J connectivity index is 0.000000197. The minimum absolute atomic E-state index is 0.113. The number of fused-ring (bicyclic) bond motifs is 2. The minimum atomic E-state index is -1.04. The topological polar surface area (TPSA) is 199 Å². The molecule has 0 radical (unpaired) electrons. The molecule has 14 nitrogen and oxygen atoms in total. The third-order valence-corrected chi connectivity index (χ3v) is 10.3. The van der Waals surface area contributed by atoms with Crippen molar-refractivity contribution >= 4 is 47.0 Å². The summed E-state index contributed by atoms with van der Waals surface area (Å²) < 4.78 is 33.2. The number of ether oxygens (including phenoxy) is 6. The third kappa shape index (κ3) is 12.3. The number of likely N-dealkylation sites (N-methyl/N-ethyl adjacent to an activating group) is 1. The van der Waals surface area contributed by atoms with E-state index in [2.05, 4.69) is 0 Å². The van der Waals surface area contributed by atoms with E-state index in [1.165, 1.54) is 0 Å². The average Bonchev–Trinajstić information content (AvgIpc) is 4.00. The number of nitrogens with zero attached hydrogens (tertiary/aromatic N) is 1. The normalized spacial score (nSPS) is 12.4. The van der Waals surface area contributed by atoms with Gasteiger partial charge in [0.1, 0.15) is 23.0 Å². The first-order valence-corrected chi connectivity index (χ1v) is 20.9. The Morgan fingerprint density at radius 1 is 0.530 bits per heavy atom. The van der Waals surface area contributed by atoms with Gasteiger partial charge in [-0.25, -0.2) is 4.79 Å². The van der Waals surface area contributed by atoms with Gasteiger partial charge in [-0.05, 0) is 131 Å². The molecule has 336 valence electrons. The monoisotopic (exact) mass is 889 g/mol. The van der Waals surface area contributed by atoms with Crippen LogP contribution in [0.2, 0.25) is 0 Å². The number of benzene rings is 6. The maximum Gasteiger partial charge on any atom is 0.336 e. The SMILES string of the molecule is CN(C)C(=O)/C(=C/c1ccc2c(c1)OCO2)c1ccc(Oc2ccc(CCC(N)=O)cc2)cc1.NC(=O)CCc1ccc(Oc2ccc(/C(=C\c3ccc4c(c3)OCO4)C(=O)O)cc2)cc1. The fraction of sp³-hybridized carbons (Fsp3) is 0.154. The largest absolute Gasteiger partial charge is 0.478 e. The van der Waals surface area contributed by atoms with Crippen molar-refractivity contribution in [3.8, 4) is 46.0 Å². The van der Waals surface area contributed by atoms with Crippen LogP contribution in [0, 0.1) is 0 Å². The summed E-state index contributed by atoms with van der Waals surface area (Å²) >= 11 is 0. The smallest absolute Gasteiger partial charge is 0.336 e. The lowest BCUT2D eigenvalue weighted by atomic mass is 10.0. The predicted octanol–water partition coefficient (Wildman–Crippen LogP) is 8.51. The van der Waals surface area contributed by atoms with Gasteiger partial charge >= 0.3 is 5.97 Å². The van der Waals surface area contributed by atoms with Gasteiger partial charge in [-0.1, -0.05) is 60.7 Å². The molecule has 0 saturated carbocycles. The van der Waals surface area contributed by atoms with Crippen LogP contribution in [0.5, 0.6) is 46.0 Å². The maximum atomic E-state index is 12.9. The molecule has 0 spiro atoms. The Hall–Kier alpha value is -8.52. The molecule has 5 N–H and O–H groups in total. The van der Waals surface area contributed by atoms with Gasteiger partial charge in [0.2, 0.25) is 25.4 Å². The summed E-state index contributed by atoms with van der Waals surface area (Å²) in [6.45, 7) is 0.357. The van der Waals surface area contributed by atoms with Crippen LogP contribution in [0.4, 0.5) is 0 Å². The first-order valence-electron chi connectivity index (χ1n) is 20.9. The second kappa shape index (κ2) is 21.2. The predicted molar refractivity (Wildman–Crippen MR) is 248 cm³/mol. The van der Waals surface area contributed by atoms with Crippen LogP contribution in [0.15, 0.2) is 133 Å². The van der Waals surface area contributed by atoms with E-state index in [-0.39, 0.29) is 36.9 Å². The van der Waals surface area contributed by atoms with Crippen LogP contribution in [-0.4, -0.2) is 61.4 Å². The highest BCUT2D eigenvalue weighted by Gasteiger charge is 2.18. The molecule has 6 aromatic carbocycles. The highest BCUT2D eigenvalue weighted by atomic mass is 16.7. The lowest BCUT2D eigenvalue weighted by Gasteiger charge is -2.15. The molecule has 0 unspecified atom stereocenters. The molecule has 6 aromatic rings. The number of nitrogens with two attached hydrogens (primary N) is 2. The third-order valence-electron chi connectivity index (χ3n) is 10.3. The van der Waals surface area contributed by atoms with Crippen LogP contribution >= 0.6 is 0 Å². The van der Waals surface area contributed by atoms with Crippen molar-refractivity contribution in [1.29, 1.82) is 0 Å². The Morgan fingerprint density at radius 2 is 0.894 bits per heavy atom. The molecule has 2 aliphatic heterocycles. The fourth-order valence-electron chi connectivity index (χ4n) is 6.78. The zero-order chi connectivity index (χ0) is 46.6. The average molecular weight is 890 g/mol. The van der Waals surface area contributed by atoms with Crippen LogP contribution in [0.1, 0.15) is 46.2 Å². The summed E-state index contributed by atoms with van der Waals surface area (Å²) in [4.78, 5) is 48.2. The second-order valence-electron chi connectivity index (χ2n) is 15.3. The van der Waals surface area contributed by atoms with Crippen molar-refractivity contribution in [2.75, 3.05) is 27.7 Å². The molecule has 66 heavy (non-hydrogen) atoms. The van der Waals surface area contributed by atoms with E-state index in [1.54, 1.807) is 67.5 Å². The molecule has 0 aliphatic carbocycles. The first-order chi connectivity index (χ1) is 31.9. The molecular formula is C52H47N3O11. The first kappa shape index (κ1) is 45.5. The Morgan fingerprint density at radius 3 is 1.27 bits per heavy atom. The van der Waals surface area contributed by atoms with E-state index < -0.39 is 5.97 Å². The molecular weight excluding hydrogens is 843 g/mol. The molecule has 14 heteroatoms. The Labute approximate surface area is 381 Å².